The zero-order valence-corrected chi connectivity index (χ0v) is 20.1. The van der Waals surface area contributed by atoms with Crippen LogP contribution >= 0.6 is 15.9 Å². The van der Waals surface area contributed by atoms with Gasteiger partial charge in [-0.2, -0.15) is 0 Å². The zero-order valence-electron chi connectivity index (χ0n) is 18.5. The fourth-order valence-corrected chi connectivity index (χ4v) is 7.35. The number of carbonyl (C=O) groups excluding carboxylic acids is 1. The van der Waals surface area contributed by atoms with E-state index in [1.54, 1.807) is 12.7 Å². The molecule has 0 bridgehead atoms. The highest BCUT2D eigenvalue weighted by Crippen LogP contribution is 2.60. The van der Waals surface area contributed by atoms with Gasteiger partial charge in [0.1, 0.15) is 5.75 Å². The molecule has 0 N–H and O–H groups in total. The minimum Gasteiger partial charge on any atom is -0.497 e. The monoisotopic (exact) mass is 471 g/mol. The van der Waals surface area contributed by atoms with Crippen molar-refractivity contribution in [3.8, 4) is 5.75 Å². The second kappa shape index (κ2) is 8.53. The van der Waals surface area contributed by atoms with Gasteiger partial charge in [0, 0.05) is 17.3 Å². The summed E-state index contributed by atoms with van der Waals surface area (Å²) >= 11 is 3.63. The molecule has 2 saturated carbocycles. The number of fused-ring (bicyclic) bond motifs is 1. The third kappa shape index (κ3) is 3.66. The molecule has 162 valence electrons. The number of halogens is 1. The van der Waals surface area contributed by atoms with E-state index in [1.807, 2.05) is 29.2 Å². The minimum absolute atomic E-state index is 0.0788. The van der Waals surface area contributed by atoms with E-state index in [-0.39, 0.29) is 11.9 Å². The fourth-order valence-electron chi connectivity index (χ4n) is 6.80. The predicted molar refractivity (Wildman–Crippen MR) is 127 cm³/mol. The molecule has 5 atom stereocenters. The summed E-state index contributed by atoms with van der Waals surface area (Å²) in [6.45, 7) is 9.02. The smallest absolute Gasteiger partial charge is 0.253 e. The topological polar surface area (TPSA) is 29.5 Å². The number of methoxy groups -OCH3 is 1. The summed E-state index contributed by atoms with van der Waals surface area (Å²) in [5.74, 6) is 2.91. The fraction of sp³-hybridized carbons (Fsp3) is 0.577. The predicted octanol–water partition coefficient (Wildman–Crippen LogP) is 6.88. The van der Waals surface area contributed by atoms with E-state index in [1.165, 1.54) is 32.1 Å². The van der Waals surface area contributed by atoms with Gasteiger partial charge < -0.3 is 9.64 Å². The van der Waals surface area contributed by atoms with E-state index in [4.69, 9.17) is 4.74 Å². The maximum absolute atomic E-state index is 12.9. The lowest BCUT2D eigenvalue weighted by molar-refractivity contribution is -0.114. The average molecular weight is 472 g/mol. The van der Waals surface area contributed by atoms with Crippen molar-refractivity contribution >= 4 is 27.5 Å². The second-order valence-electron chi connectivity index (χ2n) is 9.83. The summed E-state index contributed by atoms with van der Waals surface area (Å²) < 4.78 is 5.29. The van der Waals surface area contributed by atoms with Gasteiger partial charge in [0.2, 0.25) is 0 Å². The summed E-state index contributed by atoms with van der Waals surface area (Å²) in [6.07, 6.45) is 8.29. The SMILES string of the molecule is C=C1CC(C[C@@H](C)[C@H]2CCC3/C(=C/Br)CCC[C@@]32C)N(c2ccc(OC)cc2)C1=O. The minimum atomic E-state index is 0.0788. The van der Waals surface area contributed by atoms with Crippen LogP contribution in [0, 0.1) is 23.2 Å². The summed E-state index contributed by atoms with van der Waals surface area (Å²) in [5.41, 5.74) is 3.69. The molecule has 3 aliphatic rings. The molecule has 1 aromatic carbocycles. The molecule has 1 amide bonds. The molecular formula is C26H34BrNO2. The largest absolute Gasteiger partial charge is 0.497 e. The second-order valence-corrected chi connectivity index (χ2v) is 10.3. The molecule has 2 aliphatic carbocycles. The van der Waals surface area contributed by atoms with Crippen molar-refractivity contribution in [3.05, 3.63) is 47.0 Å². The van der Waals surface area contributed by atoms with Gasteiger partial charge in [0.15, 0.2) is 0 Å². The number of nitrogens with zero attached hydrogens (tertiary/aromatic N) is 1. The van der Waals surface area contributed by atoms with Crippen LogP contribution in [0.2, 0.25) is 0 Å². The summed E-state index contributed by atoms with van der Waals surface area (Å²) in [6, 6.07) is 8.06. The maximum Gasteiger partial charge on any atom is 0.253 e. The first kappa shape index (κ1) is 21.7. The van der Waals surface area contributed by atoms with Crippen LogP contribution in [-0.2, 0) is 4.79 Å². The van der Waals surface area contributed by atoms with E-state index >= 15 is 0 Å². The normalized spacial score (nSPS) is 33.8. The Morgan fingerprint density at radius 3 is 2.73 bits per heavy atom. The van der Waals surface area contributed by atoms with Crippen LogP contribution in [0.4, 0.5) is 5.69 Å². The average Bonchev–Trinajstić information content (AvgIpc) is 3.24. The lowest BCUT2D eigenvalue weighted by atomic mass is 9.61. The molecule has 3 fully saturated rings. The lowest BCUT2D eigenvalue weighted by Crippen LogP contribution is -2.39. The van der Waals surface area contributed by atoms with E-state index < -0.39 is 0 Å². The Kier molecular flexibility index (Phi) is 6.16. The van der Waals surface area contributed by atoms with E-state index in [9.17, 15) is 4.79 Å². The first-order valence-corrected chi connectivity index (χ1v) is 12.2. The van der Waals surface area contributed by atoms with Gasteiger partial charge >= 0.3 is 0 Å². The van der Waals surface area contributed by atoms with E-state index in [0.717, 1.165) is 35.8 Å². The first-order valence-electron chi connectivity index (χ1n) is 11.3. The number of rotatable bonds is 5. The first-order chi connectivity index (χ1) is 14.4. The number of hydrogen-bond donors (Lipinski definition) is 0. The van der Waals surface area contributed by atoms with Gasteiger partial charge in [-0.1, -0.05) is 41.9 Å². The van der Waals surface area contributed by atoms with Crippen LogP contribution in [0.25, 0.3) is 0 Å². The Morgan fingerprint density at radius 1 is 1.33 bits per heavy atom. The molecule has 1 saturated heterocycles. The molecule has 1 aliphatic heterocycles. The Labute approximate surface area is 189 Å². The van der Waals surface area contributed by atoms with Crippen molar-refractivity contribution in [3.63, 3.8) is 0 Å². The van der Waals surface area contributed by atoms with Gasteiger partial charge in [-0.3, -0.25) is 4.79 Å². The zero-order chi connectivity index (χ0) is 21.5. The molecule has 0 spiro atoms. The number of allylic oxidation sites excluding steroid dienone is 1. The van der Waals surface area contributed by atoms with Crippen LogP contribution in [0.5, 0.6) is 5.75 Å². The Hall–Kier alpha value is -1.55. The van der Waals surface area contributed by atoms with Crippen LogP contribution in [-0.4, -0.2) is 19.1 Å². The standard InChI is InChI=1S/C26H34BrNO2/c1-17(23-11-12-24-19(16-27)6-5-13-26(23,24)3)14-21-15-18(2)25(29)28(21)20-7-9-22(30-4)10-8-20/h7-10,16-17,21,23-24H,2,5-6,11-15H2,1,3-4H3/b19-16+/t17-,21?,23-,24?,26-/m1/s1. The molecule has 30 heavy (non-hydrogen) atoms. The lowest BCUT2D eigenvalue weighted by Gasteiger charge is -2.45. The van der Waals surface area contributed by atoms with Gasteiger partial charge in [-0.15, -0.1) is 0 Å². The highest BCUT2D eigenvalue weighted by molar-refractivity contribution is 9.11. The van der Waals surface area contributed by atoms with Crippen molar-refractivity contribution < 1.29 is 9.53 Å². The van der Waals surface area contributed by atoms with Gasteiger partial charge in [-0.25, -0.2) is 0 Å². The third-order valence-electron chi connectivity index (χ3n) is 8.23. The van der Waals surface area contributed by atoms with Crippen LogP contribution < -0.4 is 9.64 Å². The molecule has 1 aromatic rings. The number of carbonyl (C=O) groups is 1. The summed E-state index contributed by atoms with van der Waals surface area (Å²) in [7, 11) is 1.67. The van der Waals surface area contributed by atoms with Crippen molar-refractivity contribution in [1.29, 1.82) is 0 Å². The maximum atomic E-state index is 12.9. The number of amides is 1. The van der Waals surface area contributed by atoms with Crippen LogP contribution in [0.1, 0.15) is 58.8 Å². The van der Waals surface area contributed by atoms with Crippen LogP contribution in [0.3, 0.4) is 0 Å². The molecular weight excluding hydrogens is 438 g/mol. The molecule has 4 rings (SSSR count). The molecule has 0 aromatic heterocycles. The number of hydrogen-bond acceptors (Lipinski definition) is 2. The Morgan fingerprint density at radius 2 is 2.07 bits per heavy atom. The molecule has 1 heterocycles. The molecule has 3 nitrogen and oxygen atoms in total. The number of anilines is 1. The molecule has 4 heteroatoms. The number of ether oxygens (including phenoxy) is 1. The summed E-state index contributed by atoms with van der Waals surface area (Å²) in [5, 5.41) is 0. The van der Waals surface area contributed by atoms with Crippen molar-refractivity contribution in [1.82, 2.24) is 0 Å². The number of benzene rings is 1. The summed E-state index contributed by atoms with van der Waals surface area (Å²) in [4.78, 5) is 17.1. The highest BCUT2D eigenvalue weighted by atomic mass is 79.9. The Bertz CT molecular complexity index is 845. The molecule has 2 unspecified atom stereocenters. The quantitative estimate of drug-likeness (QED) is 0.438. The van der Waals surface area contributed by atoms with Gasteiger partial charge in [0.25, 0.3) is 5.91 Å². The van der Waals surface area contributed by atoms with Crippen molar-refractivity contribution in [2.45, 2.75) is 64.8 Å². The van der Waals surface area contributed by atoms with E-state index in [2.05, 4.69) is 41.3 Å². The van der Waals surface area contributed by atoms with Gasteiger partial charge in [0.05, 0.1) is 7.11 Å². The Balaban J connectivity index is 1.53. The van der Waals surface area contributed by atoms with Crippen molar-refractivity contribution in [2.24, 2.45) is 23.2 Å². The van der Waals surface area contributed by atoms with Crippen LogP contribution in [0.15, 0.2) is 47.0 Å². The van der Waals surface area contributed by atoms with Crippen molar-refractivity contribution in [2.75, 3.05) is 12.0 Å². The highest BCUT2D eigenvalue weighted by Gasteiger charge is 2.51. The third-order valence-corrected chi connectivity index (χ3v) is 8.82. The van der Waals surface area contributed by atoms with E-state index in [0.29, 0.717) is 17.3 Å². The molecule has 0 radical (unpaired) electrons. The van der Waals surface area contributed by atoms with Gasteiger partial charge in [-0.05, 0) is 97.4 Å².